The molecule has 1 saturated heterocycles. The maximum absolute atomic E-state index is 13.5. The van der Waals surface area contributed by atoms with Gasteiger partial charge >= 0.3 is 0 Å². The van der Waals surface area contributed by atoms with E-state index in [2.05, 4.69) is 4.98 Å². The maximum Gasteiger partial charge on any atom is 0.248 e. The second kappa shape index (κ2) is 7.72. The van der Waals surface area contributed by atoms with E-state index in [-0.39, 0.29) is 24.4 Å². The molecule has 3 rings (SSSR count). The van der Waals surface area contributed by atoms with Crippen molar-refractivity contribution in [2.45, 2.75) is 18.9 Å². The summed E-state index contributed by atoms with van der Waals surface area (Å²) in [6.45, 7) is 2.34. The van der Waals surface area contributed by atoms with Crippen molar-refractivity contribution in [1.29, 1.82) is 0 Å². The molecule has 0 spiro atoms. The highest BCUT2D eigenvalue weighted by molar-refractivity contribution is 5.77. The number of aromatic nitrogens is 2. The van der Waals surface area contributed by atoms with Gasteiger partial charge in [0.15, 0.2) is 0 Å². The van der Waals surface area contributed by atoms with E-state index in [1.807, 2.05) is 9.47 Å². The topological polar surface area (TPSA) is 56.6 Å². The van der Waals surface area contributed by atoms with E-state index in [9.17, 15) is 9.18 Å². The van der Waals surface area contributed by atoms with Crippen molar-refractivity contribution in [3.05, 3.63) is 30.3 Å². The van der Waals surface area contributed by atoms with Crippen LogP contribution in [0.2, 0.25) is 0 Å². The average Bonchev–Trinajstić information content (AvgIpc) is 3.01. The fraction of sp³-hybridized carbons (Fsp3) is 0.529. The number of ether oxygens (including phenoxy) is 2. The van der Waals surface area contributed by atoms with Crippen molar-refractivity contribution >= 4 is 16.9 Å². The van der Waals surface area contributed by atoms with Gasteiger partial charge in [0.25, 0.3) is 0 Å². The summed E-state index contributed by atoms with van der Waals surface area (Å²) in [7, 11) is 1.60. The number of carbonyl (C=O) groups is 1. The number of likely N-dealkylation sites (tertiary alicyclic amines) is 1. The smallest absolute Gasteiger partial charge is 0.248 e. The molecule has 0 atom stereocenters. The Hall–Kier alpha value is -1.99. The number of benzene rings is 1. The number of imidazole rings is 1. The molecule has 7 heteroatoms. The van der Waals surface area contributed by atoms with E-state index in [0.717, 1.165) is 23.9 Å². The molecule has 0 radical (unpaired) electrons. The number of amides is 1. The van der Waals surface area contributed by atoms with Gasteiger partial charge in [-0.2, -0.15) is 0 Å². The van der Waals surface area contributed by atoms with Gasteiger partial charge in [0.05, 0.1) is 30.6 Å². The normalized spacial score (nSPS) is 16.0. The molecule has 0 aliphatic carbocycles. The van der Waals surface area contributed by atoms with Gasteiger partial charge in [0.1, 0.15) is 12.4 Å². The molecule has 0 unspecified atom stereocenters. The molecule has 1 aliphatic rings. The standard InChI is InChI=1S/C17H22FN3O3/c1-23-8-9-24-11-17(22)20-6-4-14(5-7-20)21-12-19-15-3-2-13(18)10-16(15)21/h2-3,10,12,14H,4-9,11H2,1H3. The number of hydrogen-bond donors (Lipinski definition) is 0. The summed E-state index contributed by atoms with van der Waals surface area (Å²) in [5.74, 6) is -0.254. The molecule has 1 aromatic carbocycles. The predicted octanol–water partition coefficient (Wildman–Crippen LogP) is 2.00. The highest BCUT2D eigenvalue weighted by Gasteiger charge is 2.24. The Morgan fingerprint density at radius 2 is 2.12 bits per heavy atom. The second-order valence-corrected chi connectivity index (χ2v) is 5.94. The highest BCUT2D eigenvalue weighted by atomic mass is 19.1. The fourth-order valence-corrected chi connectivity index (χ4v) is 3.08. The summed E-state index contributed by atoms with van der Waals surface area (Å²) in [6.07, 6.45) is 3.41. The van der Waals surface area contributed by atoms with Gasteiger partial charge in [-0.3, -0.25) is 4.79 Å². The van der Waals surface area contributed by atoms with E-state index in [1.165, 1.54) is 12.1 Å². The first-order valence-corrected chi connectivity index (χ1v) is 8.15. The van der Waals surface area contributed by atoms with Crippen LogP contribution in [0.1, 0.15) is 18.9 Å². The van der Waals surface area contributed by atoms with Crippen molar-refractivity contribution in [3.8, 4) is 0 Å². The third-order valence-electron chi connectivity index (χ3n) is 4.40. The zero-order chi connectivity index (χ0) is 16.9. The van der Waals surface area contributed by atoms with E-state index in [4.69, 9.17) is 9.47 Å². The lowest BCUT2D eigenvalue weighted by atomic mass is 10.0. The highest BCUT2D eigenvalue weighted by Crippen LogP contribution is 2.27. The molecule has 24 heavy (non-hydrogen) atoms. The number of nitrogens with zero attached hydrogens (tertiary/aromatic N) is 3. The SMILES string of the molecule is COCCOCC(=O)N1CCC(n2cnc3ccc(F)cc32)CC1. The molecule has 1 fully saturated rings. The van der Waals surface area contributed by atoms with Gasteiger partial charge in [0.2, 0.25) is 5.91 Å². The van der Waals surface area contributed by atoms with Gasteiger partial charge in [-0.1, -0.05) is 0 Å². The Labute approximate surface area is 140 Å². The van der Waals surface area contributed by atoms with Crippen molar-refractivity contribution in [1.82, 2.24) is 14.5 Å². The van der Waals surface area contributed by atoms with Gasteiger partial charge in [-0.25, -0.2) is 9.37 Å². The Bertz CT molecular complexity index is 695. The van der Waals surface area contributed by atoms with Crippen LogP contribution in [0.25, 0.3) is 11.0 Å². The fourth-order valence-electron chi connectivity index (χ4n) is 3.08. The lowest BCUT2D eigenvalue weighted by molar-refractivity contribution is -0.137. The lowest BCUT2D eigenvalue weighted by Gasteiger charge is -2.32. The molecule has 130 valence electrons. The minimum absolute atomic E-state index is 0.00564. The van der Waals surface area contributed by atoms with Crippen LogP contribution in [0.15, 0.2) is 24.5 Å². The number of methoxy groups -OCH3 is 1. The van der Waals surface area contributed by atoms with Crippen LogP contribution in [0, 0.1) is 5.82 Å². The molecule has 0 saturated carbocycles. The van der Waals surface area contributed by atoms with Gasteiger partial charge < -0.3 is 18.9 Å². The largest absolute Gasteiger partial charge is 0.382 e. The monoisotopic (exact) mass is 335 g/mol. The Morgan fingerprint density at radius 1 is 1.33 bits per heavy atom. The van der Waals surface area contributed by atoms with E-state index < -0.39 is 0 Å². The molecular weight excluding hydrogens is 313 g/mol. The number of carbonyl (C=O) groups excluding carboxylic acids is 1. The van der Waals surface area contributed by atoms with Crippen LogP contribution >= 0.6 is 0 Å². The first-order chi connectivity index (χ1) is 11.7. The Morgan fingerprint density at radius 3 is 2.88 bits per heavy atom. The van der Waals surface area contributed by atoms with Crippen molar-refractivity contribution in [2.75, 3.05) is 40.0 Å². The van der Waals surface area contributed by atoms with E-state index in [0.29, 0.717) is 26.3 Å². The van der Waals surface area contributed by atoms with Gasteiger partial charge in [-0.05, 0) is 31.0 Å². The first kappa shape index (κ1) is 16.9. The van der Waals surface area contributed by atoms with Crippen molar-refractivity contribution in [3.63, 3.8) is 0 Å². The average molecular weight is 335 g/mol. The minimum Gasteiger partial charge on any atom is -0.382 e. The predicted molar refractivity (Wildman–Crippen MR) is 87.2 cm³/mol. The molecule has 0 bridgehead atoms. The zero-order valence-corrected chi connectivity index (χ0v) is 13.8. The molecule has 2 heterocycles. The van der Waals surface area contributed by atoms with Crippen molar-refractivity contribution < 1.29 is 18.7 Å². The van der Waals surface area contributed by atoms with Crippen LogP contribution in [-0.2, 0) is 14.3 Å². The third kappa shape index (κ3) is 3.73. The molecular formula is C17H22FN3O3. The number of hydrogen-bond acceptors (Lipinski definition) is 4. The van der Waals surface area contributed by atoms with E-state index >= 15 is 0 Å². The van der Waals surface area contributed by atoms with Crippen LogP contribution < -0.4 is 0 Å². The van der Waals surface area contributed by atoms with Crippen LogP contribution in [0.5, 0.6) is 0 Å². The quantitative estimate of drug-likeness (QED) is 0.758. The summed E-state index contributed by atoms with van der Waals surface area (Å²) in [5, 5.41) is 0. The number of fused-ring (bicyclic) bond motifs is 1. The van der Waals surface area contributed by atoms with Crippen LogP contribution in [0.4, 0.5) is 4.39 Å². The third-order valence-corrected chi connectivity index (χ3v) is 4.40. The second-order valence-electron chi connectivity index (χ2n) is 5.94. The molecule has 1 aliphatic heterocycles. The first-order valence-electron chi connectivity index (χ1n) is 8.15. The molecule has 0 N–H and O–H groups in total. The maximum atomic E-state index is 13.5. The molecule has 2 aromatic rings. The van der Waals surface area contributed by atoms with E-state index in [1.54, 1.807) is 19.5 Å². The summed E-state index contributed by atoms with van der Waals surface area (Å²) >= 11 is 0. The number of piperidine rings is 1. The molecule has 6 nitrogen and oxygen atoms in total. The van der Waals surface area contributed by atoms with Crippen LogP contribution in [-0.4, -0.2) is 60.4 Å². The zero-order valence-electron chi connectivity index (χ0n) is 13.8. The summed E-state index contributed by atoms with van der Waals surface area (Å²) in [6, 6.07) is 4.86. The summed E-state index contributed by atoms with van der Waals surface area (Å²) in [5.41, 5.74) is 1.60. The van der Waals surface area contributed by atoms with Gasteiger partial charge in [0, 0.05) is 26.2 Å². The number of rotatable bonds is 6. The molecule has 1 aromatic heterocycles. The number of halogens is 1. The Kier molecular flexibility index (Phi) is 5.42. The van der Waals surface area contributed by atoms with Gasteiger partial charge in [-0.15, -0.1) is 0 Å². The molecule has 1 amide bonds. The lowest BCUT2D eigenvalue weighted by Crippen LogP contribution is -2.41. The summed E-state index contributed by atoms with van der Waals surface area (Å²) in [4.78, 5) is 18.3. The summed E-state index contributed by atoms with van der Waals surface area (Å²) < 4.78 is 25.7. The van der Waals surface area contributed by atoms with Crippen LogP contribution in [0.3, 0.4) is 0 Å². The Balaban J connectivity index is 1.56. The minimum atomic E-state index is -0.259. The van der Waals surface area contributed by atoms with Crippen molar-refractivity contribution in [2.24, 2.45) is 0 Å².